The summed E-state index contributed by atoms with van der Waals surface area (Å²) < 4.78 is 39.3. The van der Waals surface area contributed by atoms with E-state index < -0.39 is 22.2 Å². The third-order valence-electron chi connectivity index (χ3n) is 6.45. The quantitative estimate of drug-likeness (QED) is 0.510. The summed E-state index contributed by atoms with van der Waals surface area (Å²) in [6, 6.07) is 7.48. The van der Waals surface area contributed by atoms with Crippen molar-refractivity contribution in [3.8, 4) is 23.5 Å². The van der Waals surface area contributed by atoms with E-state index in [1.165, 1.54) is 30.6 Å². The minimum Gasteiger partial charge on any atom is -0.497 e. The van der Waals surface area contributed by atoms with Crippen molar-refractivity contribution in [1.29, 1.82) is 0 Å². The van der Waals surface area contributed by atoms with Gasteiger partial charge in [-0.25, -0.2) is 13.4 Å². The van der Waals surface area contributed by atoms with Crippen molar-refractivity contribution < 1.29 is 27.8 Å². The molecule has 1 N–H and O–H groups in total. The van der Waals surface area contributed by atoms with Gasteiger partial charge in [0.05, 0.1) is 31.2 Å². The number of ether oxygens (including phenoxy) is 2. The van der Waals surface area contributed by atoms with Gasteiger partial charge in [-0.05, 0) is 31.0 Å². The third-order valence-corrected chi connectivity index (χ3v) is 8.27. The molecule has 0 saturated carbocycles. The van der Waals surface area contributed by atoms with E-state index in [-0.39, 0.29) is 47.9 Å². The molecule has 1 aromatic heterocycles. The number of pyridine rings is 1. The van der Waals surface area contributed by atoms with Crippen LogP contribution in [0.3, 0.4) is 0 Å². The molecule has 0 fully saturated rings. The first-order valence-corrected chi connectivity index (χ1v) is 14.1. The van der Waals surface area contributed by atoms with Gasteiger partial charge in [-0.15, -0.1) is 0 Å². The fourth-order valence-electron chi connectivity index (χ4n) is 4.04. The van der Waals surface area contributed by atoms with Gasteiger partial charge in [-0.1, -0.05) is 38.7 Å². The number of rotatable bonds is 8. The minimum absolute atomic E-state index is 0.0211. The molecule has 2 aromatic rings. The van der Waals surface area contributed by atoms with E-state index in [4.69, 9.17) is 9.47 Å². The molecule has 0 aliphatic carbocycles. The molecule has 0 bridgehead atoms. The van der Waals surface area contributed by atoms with Crippen molar-refractivity contribution in [2.24, 2.45) is 11.8 Å². The molecule has 0 saturated heterocycles. The molecule has 1 aliphatic heterocycles. The summed E-state index contributed by atoms with van der Waals surface area (Å²) >= 11 is 0. The Labute approximate surface area is 225 Å². The van der Waals surface area contributed by atoms with Gasteiger partial charge in [0.15, 0.2) is 0 Å². The van der Waals surface area contributed by atoms with Gasteiger partial charge < -0.3 is 19.5 Å². The van der Waals surface area contributed by atoms with Gasteiger partial charge in [0.1, 0.15) is 17.4 Å². The van der Waals surface area contributed by atoms with Crippen LogP contribution < -0.4 is 9.47 Å². The van der Waals surface area contributed by atoms with Gasteiger partial charge >= 0.3 is 0 Å². The molecule has 1 aromatic carbocycles. The molecule has 9 nitrogen and oxygen atoms in total. The first-order chi connectivity index (χ1) is 18.0. The number of hydrogen-bond acceptors (Lipinski definition) is 7. The summed E-state index contributed by atoms with van der Waals surface area (Å²) in [4.78, 5) is 19.6. The molecule has 3 atom stereocenters. The standard InChI is InChI=1S/C28H37N3O6S/c1-19(2)9-7-10-22-13-25-27(29-15-22)37-26(20(3)16-31(28(25)33)21(4)18-32)17-30(5)38(34,35)24-12-8-11-23(14-24)36-6/h8,11-15,19-21,26,32H,9,16-18H2,1-6H3/t20-,21-,26+/m0/s1. The van der Waals surface area contributed by atoms with Gasteiger partial charge in [0.25, 0.3) is 5.91 Å². The maximum Gasteiger partial charge on any atom is 0.259 e. The van der Waals surface area contributed by atoms with E-state index >= 15 is 0 Å². The summed E-state index contributed by atoms with van der Waals surface area (Å²) in [5, 5.41) is 9.85. The van der Waals surface area contributed by atoms with Crippen molar-refractivity contribution in [3.63, 3.8) is 0 Å². The summed E-state index contributed by atoms with van der Waals surface area (Å²) in [6.07, 6.45) is 1.65. The van der Waals surface area contributed by atoms with Crippen LogP contribution in [0.25, 0.3) is 0 Å². The van der Waals surface area contributed by atoms with Gasteiger partial charge in [-0.2, -0.15) is 4.31 Å². The molecular weight excluding hydrogens is 506 g/mol. The van der Waals surface area contributed by atoms with Crippen LogP contribution in [-0.4, -0.2) is 79.6 Å². The number of aliphatic hydroxyl groups is 1. The molecule has 0 spiro atoms. The van der Waals surface area contributed by atoms with Gasteiger partial charge in [0, 0.05) is 43.8 Å². The number of likely N-dealkylation sites (N-methyl/N-ethyl adjacent to an activating group) is 1. The monoisotopic (exact) mass is 543 g/mol. The zero-order chi connectivity index (χ0) is 28.0. The van der Waals surface area contributed by atoms with Crippen LogP contribution in [0.5, 0.6) is 11.6 Å². The summed E-state index contributed by atoms with van der Waals surface area (Å²) in [6.45, 7) is 7.87. The number of amides is 1. The second-order valence-electron chi connectivity index (χ2n) is 10.1. The average Bonchev–Trinajstić information content (AvgIpc) is 2.90. The SMILES string of the molecule is COc1cccc(S(=O)(=O)N(C)C[C@H]2Oc3ncc(C#CCC(C)C)cc3C(=O)N([C@@H](C)CO)C[C@@H]2C)c1. The molecular formula is C28H37N3O6S. The lowest BCUT2D eigenvalue weighted by atomic mass is 10.00. The second-order valence-corrected chi connectivity index (χ2v) is 12.1. The van der Waals surface area contributed by atoms with Crippen molar-refractivity contribution in [3.05, 3.63) is 47.7 Å². The number of hydrogen-bond donors (Lipinski definition) is 1. The smallest absolute Gasteiger partial charge is 0.259 e. The molecule has 3 rings (SSSR count). The van der Waals surface area contributed by atoms with Crippen molar-refractivity contribution in [2.45, 2.75) is 51.2 Å². The van der Waals surface area contributed by atoms with E-state index in [1.54, 1.807) is 36.2 Å². The van der Waals surface area contributed by atoms with Crippen LogP contribution >= 0.6 is 0 Å². The molecule has 1 amide bonds. The van der Waals surface area contributed by atoms with Crippen LogP contribution in [0.2, 0.25) is 0 Å². The van der Waals surface area contributed by atoms with Gasteiger partial charge in [0.2, 0.25) is 15.9 Å². The number of benzene rings is 1. The zero-order valence-corrected chi connectivity index (χ0v) is 23.7. The van der Waals surface area contributed by atoms with E-state index in [0.717, 1.165) is 0 Å². The van der Waals surface area contributed by atoms with Crippen LogP contribution in [0, 0.1) is 23.7 Å². The molecule has 38 heavy (non-hydrogen) atoms. The van der Waals surface area contributed by atoms with E-state index in [1.807, 2.05) is 6.92 Å². The molecule has 2 heterocycles. The molecule has 0 radical (unpaired) electrons. The van der Waals surface area contributed by atoms with Crippen LogP contribution in [0.4, 0.5) is 0 Å². The minimum atomic E-state index is -3.85. The number of carbonyl (C=O) groups excluding carboxylic acids is 1. The normalized spacial score (nSPS) is 18.7. The Morgan fingerprint density at radius 2 is 2.03 bits per heavy atom. The highest BCUT2D eigenvalue weighted by molar-refractivity contribution is 7.89. The highest BCUT2D eigenvalue weighted by Crippen LogP contribution is 2.28. The van der Waals surface area contributed by atoms with E-state index in [0.29, 0.717) is 23.7 Å². The Morgan fingerprint density at radius 3 is 2.68 bits per heavy atom. The predicted octanol–water partition coefficient (Wildman–Crippen LogP) is 3.03. The zero-order valence-electron chi connectivity index (χ0n) is 22.8. The number of carbonyl (C=O) groups is 1. The Bertz CT molecular complexity index is 1300. The largest absolute Gasteiger partial charge is 0.497 e. The highest BCUT2D eigenvalue weighted by Gasteiger charge is 2.36. The Kier molecular flexibility index (Phi) is 9.77. The highest BCUT2D eigenvalue weighted by atomic mass is 32.2. The summed E-state index contributed by atoms with van der Waals surface area (Å²) in [5.74, 6) is 6.54. The van der Waals surface area contributed by atoms with Crippen molar-refractivity contribution >= 4 is 15.9 Å². The van der Waals surface area contributed by atoms with Gasteiger partial charge in [-0.3, -0.25) is 4.79 Å². The number of nitrogens with zero attached hydrogens (tertiary/aromatic N) is 3. The van der Waals surface area contributed by atoms with E-state index in [2.05, 4.69) is 30.7 Å². The number of fused-ring (bicyclic) bond motifs is 1. The molecule has 0 unspecified atom stereocenters. The lowest BCUT2D eigenvalue weighted by Gasteiger charge is -2.37. The Hall–Kier alpha value is -3.13. The Morgan fingerprint density at radius 1 is 1.29 bits per heavy atom. The maximum absolute atomic E-state index is 13.5. The molecule has 206 valence electrons. The number of aliphatic hydroxyl groups excluding tert-OH is 1. The topological polar surface area (TPSA) is 109 Å². The fraction of sp³-hybridized carbons (Fsp3) is 0.500. The lowest BCUT2D eigenvalue weighted by Crippen LogP contribution is -2.50. The van der Waals surface area contributed by atoms with E-state index in [9.17, 15) is 18.3 Å². The third kappa shape index (κ3) is 6.84. The van der Waals surface area contributed by atoms with Crippen LogP contribution in [0.1, 0.15) is 50.0 Å². The first kappa shape index (κ1) is 29.4. The van der Waals surface area contributed by atoms with Crippen molar-refractivity contribution in [2.75, 3.05) is 33.9 Å². The lowest BCUT2D eigenvalue weighted by molar-refractivity contribution is 0.0373. The van der Waals surface area contributed by atoms with Crippen LogP contribution in [0.15, 0.2) is 41.4 Å². The fourth-order valence-corrected chi connectivity index (χ4v) is 5.26. The number of sulfonamides is 1. The molecule has 10 heteroatoms. The molecule has 1 aliphatic rings. The predicted molar refractivity (Wildman–Crippen MR) is 145 cm³/mol. The second kappa shape index (κ2) is 12.6. The average molecular weight is 544 g/mol. The number of aromatic nitrogens is 1. The summed E-state index contributed by atoms with van der Waals surface area (Å²) in [5.41, 5.74) is 0.817. The summed E-state index contributed by atoms with van der Waals surface area (Å²) in [7, 11) is -0.879. The van der Waals surface area contributed by atoms with Crippen molar-refractivity contribution in [1.82, 2.24) is 14.2 Å². The first-order valence-electron chi connectivity index (χ1n) is 12.7. The maximum atomic E-state index is 13.5. The van der Waals surface area contributed by atoms with Crippen LogP contribution in [-0.2, 0) is 10.0 Å². The Balaban J connectivity index is 1.97. The number of methoxy groups -OCH3 is 1.